The van der Waals surface area contributed by atoms with E-state index in [1.54, 1.807) is 12.4 Å². The number of halogens is 3. The van der Waals surface area contributed by atoms with Gasteiger partial charge in [0.05, 0.1) is 24.8 Å². The van der Waals surface area contributed by atoms with Crippen molar-refractivity contribution in [3.63, 3.8) is 0 Å². The summed E-state index contributed by atoms with van der Waals surface area (Å²) in [5.41, 5.74) is 0.793. The maximum Gasteiger partial charge on any atom is 0.434 e. The van der Waals surface area contributed by atoms with Crippen molar-refractivity contribution in [3.8, 4) is 5.69 Å². The third-order valence-corrected chi connectivity index (χ3v) is 6.33. The molecule has 174 valence electrons. The molecule has 3 aromatic heterocycles. The Morgan fingerprint density at radius 3 is 2.58 bits per heavy atom. The molecule has 3 fully saturated rings. The number of anilines is 1. The zero-order valence-corrected chi connectivity index (χ0v) is 17.8. The van der Waals surface area contributed by atoms with Crippen LogP contribution in [-0.2, 0) is 6.18 Å². The molecule has 0 aromatic carbocycles. The van der Waals surface area contributed by atoms with Crippen LogP contribution in [0.5, 0.6) is 0 Å². The van der Waals surface area contributed by atoms with Gasteiger partial charge in [0, 0.05) is 24.3 Å². The van der Waals surface area contributed by atoms with Crippen molar-refractivity contribution in [2.45, 2.75) is 50.7 Å². The van der Waals surface area contributed by atoms with Gasteiger partial charge in [0.2, 0.25) is 0 Å². The molecule has 3 aromatic rings. The predicted octanol–water partition coefficient (Wildman–Crippen LogP) is 2.74. The minimum absolute atomic E-state index is 0.0464. The third-order valence-electron chi connectivity index (χ3n) is 6.33. The number of hydrogen-bond acceptors (Lipinski definition) is 8. The first-order valence-electron chi connectivity index (χ1n) is 10.7. The van der Waals surface area contributed by atoms with Gasteiger partial charge in [-0.05, 0) is 44.2 Å². The van der Waals surface area contributed by atoms with E-state index in [0.29, 0.717) is 23.8 Å². The minimum Gasteiger partial charge on any atom is -0.372 e. The molecule has 2 saturated heterocycles. The van der Waals surface area contributed by atoms with Crippen LogP contribution in [-0.4, -0.2) is 58.6 Å². The van der Waals surface area contributed by atoms with Gasteiger partial charge in [-0.1, -0.05) is 0 Å². The van der Waals surface area contributed by atoms with Crippen LogP contribution >= 0.6 is 0 Å². The second kappa shape index (κ2) is 8.34. The first-order valence-corrected chi connectivity index (χ1v) is 10.7. The van der Waals surface area contributed by atoms with Gasteiger partial charge in [-0.3, -0.25) is 9.88 Å². The summed E-state index contributed by atoms with van der Waals surface area (Å²) in [7, 11) is 0. The Morgan fingerprint density at radius 1 is 1.12 bits per heavy atom. The van der Waals surface area contributed by atoms with Crippen molar-refractivity contribution < 1.29 is 18.3 Å². The molecule has 1 aliphatic carbocycles. The normalized spacial score (nSPS) is 24.1. The molecule has 4 unspecified atom stereocenters. The van der Waals surface area contributed by atoms with Gasteiger partial charge in [-0.2, -0.15) is 23.4 Å². The van der Waals surface area contributed by atoms with Crippen LogP contribution < -0.4 is 5.32 Å². The molecular formula is C21H23F3N8O. The van der Waals surface area contributed by atoms with Crippen molar-refractivity contribution in [1.29, 1.82) is 0 Å². The highest BCUT2D eigenvalue weighted by Crippen LogP contribution is 2.40. The van der Waals surface area contributed by atoms with E-state index in [1.807, 2.05) is 24.0 Å². The molecule has 6 rings (SSSR count). The quantitative estimate of drug-likeness (QED) is 0.599. The average molecular weight is 460 g/mol. The van der Waals surface area contributed by atoms with Crippen LogP contribution in [0.15, 0.2) is 36.9 Å². The Hall–Kier alpha value is -3.12. The summed E-state index contributed by atoms with van der Waals surface area (Å²) in [6, 6.07) is 3.53. The number of rotatable bonds is 5. The number of nitrogens with one attached hydrogen (secondary N) is 1. The first-order chi connectivity index (χ1) is 15.8. The zero-order valence-electron chi connectivity index (χ0n) is 17.8. The van der Waals surface area contributed by atoms with Gasteiger partial charge >= 0.3 is 6.18 Å². The van der Waals surface area contributed by atoms with Gasteiger partial charge in [0.15, 0.2) is 11.9 Å². The lowest BCUT2D eigenvalue weighted by Gasteiger charge is -2.51. The SMILES string of the molecule is Cc1ccc(-n2nccn2)c(C(O)N2CC3CCC2C(Nc2cnc(C(F)(F)F)cn2)C3)n1. The van der Waals surface area contributed by atoms with Crippen LogP contribution in [0.25, 0.3) is 5.69 Å². The van der Waals surface area contributed by atoms with Crippen molar-refractivity contribution in [3.05, 3.63) is 54.0 Å². The molecule has 2 aliphatic heterocycles. The van der Waals surface area contributed by atoms with E-state index < -0.39 is 18.1 Å². The molecule has 33 heavy (non-hydrogen) atoms. The number of piperidine rings is 2. The summed E-state index contributed by atoms with van der Waals surface area (Å²) < 4.78 is 38.4. The highest BCUT2D eigenvalue weighted by Gasteiger charge is 2.44. The second-order valence-electron chi connectivity index (χ2n) is 8.53. The lowest BCUT2D eigenvalue weighted by Crippen LogP contribution is -2.59. The standard InChI is InChI=1S/C21H23F3N8O/c1-12-2-4-16(32-27-6-7-28-32)19(29-12)20(33)31-11-13-3-5-15(31)14(8-13)30-18-10-25-17(9-26-18)21(22,23)24/h2,4,6-7,9-10,13-15,20,33H,3,5,8,11H2,1H3,(H,26,30). The molecule has 9 nitrogen and oxygen atoms in total. The van der Waals surface area contributed by atoms with Crippen LogP contribution in [0.3, 0.4) is 0 Å². The molecule has 5 heterocycles. The number of aryl methyl sites for hydroxylation is 1. The average Bonchev–Trinajstić information content (AvgIpc) is 3.33. The lowest BCUT2D eigenvalue weighted by molar-refractivity contribution is -0.141. The van der Waals surface area contributed by atoms with E-state index in [0.717, 1.165) is 37.4 Å². The summed E-state index contributed by atoms with van der Waals surface area (Å²) in [4.78, 5) is 15.4. The number of hydrogen-bond donors (Lipinski definition) is 2. The maximum atomic E-state index is 12.8. The minimum atomic E-state index is -4.53. The molecule has 4 atom stereocenters. The Morgan fingerprint density at radius 2 is 1.91 bits per heavy atom. The Balaban J connectivity index is 1.39. The number of aliphatic hydroxyl groups is 1. The van der Waals surface area contributed by atoms with Gasteiger partial charge in [0.25, 0.3) is 0 Å². The fraction of sp³-hybridized carbons (Fsp3) is 0.476. The topological polar surface area (TPSA) is 105 Å². The van der Waals surface area contributed by atoms with E-state index in [1.165, 1.54) is 4.80 Å². The highest BCUT2D eigenvalue weighted by molar-refractivity contribution is 5.38. The lowest BCUT2D eigenvalue weighted by atomic mass is 9.76. The number of aliphatic hydroxyl groups excluding tert-OH is 1. The fourth-order valence-corrected chi connectivity index (χ4v) is 4.84. The van der Waals surface area contributed by atoms with E-state index in [2.05, 4.69) is 30.5 Å². The number of aromatic nitrogens is 6. The van der Waals surface area contributed by atoms with Gasteiger partial charge < -0.3 is 10.4 Å². The van der Waals surface area contributed by atoms with Crippen LogP contribution in [0.4, 0.5) is 19.0 Å². The van der Waals surface area contributed by atoms with Gasteiger partial charge in [0.1, 0.15) is 17.2 Å². The zero-order chi connectivity index (χ0) is 23.2. The summed E-state index contributed by atoms with van der Waals surface area (Å²) in [6.07, 6.45) is 2.15. The molecule has 0 radical (unpaired) electrons. The van der Waals surface area contributed by atoms with Crippen LogP contribution in [0.2, 0.25) is 0 Å². The Labute approximate surface area is 187 Å². The first kappa shape index (κ1) is 21.7. The largest absolute Gasteiger partial charge is 0.434 e. The maximum absolute atomic E-state index is 12.8. The summed E-state index contributed by atoms with van der Waals surface area (Å²) in [5, 5.41) is 23.0. The van der Waals surface area contributed by atoms with E-state index >= 15 is 0 Å². The summed E-state index contributed by atoms with van der Waals surface area (Å²) >= 11 is 0. The van der Waals surface area contributed by atoms with Gasteiger partial charge in [-0.25, -0.2) is 9.97 Å². The number of alkyl halides is 3. The summed E-state index contributed by atoms with van der Waals surface area (Å²) in [6.45, 7) is 2.55. The Kier molecular flexibility index (Phi) is 5.49. The Bertz CT molecular complexity index is 1110. The smallest absolute Gasteiger partial charge is 0.372 e. The van der Waals surface area contributed by atoms with Gasteiger partial charge in [-0.15, -0.1) is 4.80 Å². The van der Waals surface area contributed by atoms with Crippen molar-refractivity contribution in [2.75, 3.05) is 11.9 Å². The van der Waals surface area contributed by atoms with Crippen LogP contribution in [0.1, 0.15) is 42.6 Å². The molecule has 1 saturated carbocycles. The van der Waals surface area contributed by atoms with E-state index in [9.17, 15) is 18.3 Å². The molecule has 12 heteroatoms. The summed E-state index contributed by atoms with van der Waals surface area (Å²) in [5.74, 6) is 0.616. The third kappa shape index (κ3) is 4.27. The highest BCUT2D eigenvalue weighted by atomic mass is 19.4. The molecular weight excluding hydrogens is 437 g/mol. The number of pyridine rings is 1. The monoisotopic (exact) mass is 460 g/mol. The van der Waals surface area contributed by atoms with Crippen LogP contribution in [0, 0.1) is 12.8 Å². The van der Waals surface area contributed by atoms with Crippen molar-refractivity contribution in [2.24, 2.45) is 5.92 Å². The predicted molar refractivity (Wildman–Crippen MR) is 111 cm³/mol. The number of nitrogens with zero attached hydrogens (tertiary/aromatic N) is 7. The molecule has 2 bridgehead atoms. The van der Waals surface area contributed by atoms with Crippen molar-refractivity contribution in [1.82, 2.24) is 34.8 Å². The van der Waals surface area contributed by atoms with E-state index in [4.69, 9.17) is 0 Å². The molecule has 0 spiro atoms. The number of fused-ring (bicyclic) bond motifs is 3. The second-order valence-corrected chi connectivity index (χ2v) is 8.53. The molecule has 3 aliphatic rings. The van der Waals surface area contributed by atoms with E-state index in [-0.39, 0.29) is 17.9 Å². The van der Waals surface area contributed by atoms with Crippen molar-refractivity contribution >= 4 is 5.82 Å². The fourth-order valence-electron chi connectivity index (χ4n) is 4.84. The molecule has 0 amide bonds. The molecule has 2 N–H and O–H groups in total.